The first-order valence-electron chi connectivity index (χ1n) is 11.5. The maximum atomic E-state index is 13.5. The number of esters is 1. The van der Waals surface area contributed by atoms with Crippen molar-refractivity contribution >= 4 is 17.7 Å². The van der Waals surface area contributed by atoms with Crippen molar-refractivity contribution in [2.75, 3.05) is 38.2 Å². The molecule has 2 atom stereocenters. The number of alkyl halides is 3. The fourth-order valence-corrected chi connectivity index (χ4v) is 4.79. The molecule has 4 rings (SSSR count). The van der Waals surface area contributed by atoms with E-state index in [1.165, 1.54) is 13.2 Å². The summed E-state index contributed by atoms with van der Waals surface area (Å²) in [5.41, 5.74) is 0.735. The third-order valence-electron chi connectivity index (χ3n) is 6.42. The quantitative estimate of drug-likeness (QED) is 0.535. The van der Waals surface area contributed by atoms with E-state index in [0.717, 1.165) is 12.1 Å². The van der Waals surface area contributed by atoms with Crippen LogP contribution in [0.3, 0.4) is 0 Å². The van der Waals surface area contributed by atoms with Gasteiger partial charge < -0.3 is 19.3 Å². The molecule has 2 saturated heterocycles. The third-order valence-corrected chi connectivity index (χ3v) is 6.42. The second kappa shape index (κ2) is 9.09. The van der Waals surface area contributed by atoms with Gasteiger partial charge in [-0.2, -0.15) is 13.2 Å². The van der Waals surface area contributed by atoms with Gasteiger partial charge in [0.1, 0.15) is 5.60 Å². The molecule has 1 amide bonds. The average Bonchev–Trinajstić information content (AvgIpc) is 3.36. The highest BCUT2D eigenvalue weighted by atomic mass is 19.4. The van der Waals surface area contributed by atoms with Gasteiger partial charge in [-0.3, -0.25) is 0 Å². The largest absolute Gasteiger partial charge is 0.465 e. The zero-order valence-electron chi connectivity index (χ0n) is 20.2. The van der Waals surface area contributed by atoms with Gasteiger partial charge in [0.05, 0.1) is 18.2 Å². The molecule has 2 heterocycles. The van der Waals surface area contributed by atoms with Gasteiger partial charge in [0.2, 0.25) is 0 Å². The van der Waals surface area contributed by atoms with Crippen molar-refractivity contribution in [2.45, 2.75) is 32.5 Å². The van der Waals surface area contributed by atoms with Gasteiger partial charge in [-0.05, 0) is 56.7 Å². The highest BCUT2D eigenvalue weighted by Crippen LogP contribution is 2.41. The number of anilines is 1. The van der Waals surface area contributed by atoms with Crippen LogP contribution in [0.4, 0.5) is 23.7 Å². The SMILES string of the molecule is COC(=O)c1ccc(-c2cc(C(F)(F)F)ccc2N2C[C@H]3CN(C(=O)OC(C)(C)C)C[C@H]3C2)cc1. The van der Waals surface area contributed by atoms with Crippen molar-refractivity contribution in [3.8, 4) is 11.1 Å². The molecule has 0 spiro atoms. The molecule has 2 aliphatic heterocycles. The Bertz CT molecular complexity index is 1100. The second-order valence-electron chi connectivity index (χ2n) is 10.1. The number of fused-ring (bicyclic) bond motifs is 1. The fraction of sp³-hybridized carbons (Fsp3) is 0.462. The van der Waals surface area contributed by atoms with Crippen LogP contribution < -0.4 is 4.90 Å². The molecule has 2 fully saturated rings. The monoisotopic (exact) mass is 490 g/mol. The molecule has 0 N–H and O–H groups in total. The summed E-state index contributed by atoms with van der Waals surface area (Å²) >= 11 is 0. The number of halogens is 3. The van der Waals surface area contributed by atoms with E-state index >= 15 is 0 Å². The lowest BCUT2D eigenvalue weighted by molar-refractivity contribution is -0.137. The minimum Gasteiger partial charge on any atom is -0.465 e. The molecular weight excluding hydrogens is 461 g/mol. The first kappa shape index (κ1) is 24.9. The molecule has 0 saturated carbocycles. The molecule has 35 heavy (non-hydrogen) atoms. The number of carbonyl (C=O) groups excluding carboxylic acids is 2. The molecule has 2 aromatic rings. The summed E-state index contributed by atoms with van der Waals surface area (Å²) in [7, 11) is 1.27. The minimum atomic E-state index is -4.48. The van der Waals surface area contributed by atoms with E-state index in [4.69, 9.17) is 9.47 Å². The van der Waals surface area contributed by atoms with Crippen LogP contribution in [0.5, 0.6) is 0 Å². The molecule has 2 aromatic carbocycles. The Morgan fingerprint density at radius 3 is 2.03 bits per heavy atom. The predicted molar refractivity (Wildman–Crippen MR) is 125 cm³/mol. The second-order valence-corrected chi connectivity index (χ2v) is 10.1. The van der Waals surface area contributed by atoms with E-state index in [1.54, 1.807) is 29.2 Å². The summed E-state index contributed by atoms with van der Waals surface area (Å²) in [6.07, 6.45) is -4.81. The molecule has 9 heteroatoms. The summed E-state index contributed by atoms with van der Waals surface area (Å²) in [5.74, 6) is -0.0959. The lowest BCUT2D eigenvalue weighted by Crippen LogP contribution is -2.37. The molecule has 0 aromatic heterocycles. The van der Waals surface area contributed by atoms with Crippen molar-refractivity contribution in [1.82, 2.24) is 4.90 Å². The molecule has 0 radical (unpaired) electrons. The number of likely N-dealkylation sites (tertiary alicyclic amines) is 1. The van der Waals surface area contributed by atoms with Crippen LogP contribution in [0.15, 0.2) is 42.5 Å². The van der Waals surface area contributed by atoms with Crippen LogP contribution in [0.2, 0.25) is 0 Å². The number of hydrogen-bond donors (Lipinski definition) is 0. The number of carbonyl (C=O) groups is 2. The average molecular weight is 491 g/mol. The predicted octanol–water partition coefficient (Wildman–Crippen LogP) is 5.46. The van der Waals surface area contributed by atoms with Crippen LogP contribution in [0, 0.1) is 11.8 Å². The highest BCUT2D eigenvalue weighted by molar-refractivity contribution is 5.90. The van der Waals surface area contributed by atoms with Crippen molar-refractivity contribution in [1.29, 1.82) is 0 Å². The van der Waals surface area contributed by atoms with Crippen molar-refractivity contribution < 1.29 is 32.2 Å². The lowest BCUT2D eigenvalue weighted by atomic mass is 9.98. The van der Waals surface area contributed by atoms with Crippen LogP contribution in [-0.2, 0) is 15.7 Å². The number of rotatable bonds is 3. The Hall–Kier alpha value is -3.23. The number of benzene rings is 2. The summed E-state index contributed by atoms with van der Waals surface area (Å²) in [6, 6.07) is 10.1. The molecule has 0 bridgehead atoms. The summed E-state index contributed by atoms with van der Waals surface area (Å²) in [5, 5.41) is 0. The van der Waals surface area contributed by atoms with E-state index in [1.807, 2.05) is 20.8 Å². The first-order valence-corrected chi connectivity index (χ1v) is 11.5. The molecule has 188 valence electrons. The highest BCUT2D eigenvalue weighted by Gasteiger charge is 2.43. The standard InChI is InChI=1S/C26H29F3N2O4/c1-25(2,3)35-24(33)31-14-18-12-30(13-19(18)15-31)22-10-9-20(26(27,28)29)11-21(22)16-5-7-17(8-6-16)23(32)34-4/h5-11,18-19H,12-15H2,1-4H3/t18-,19+. The zero-order valence-corrected chi connectivity index (χ0v) is 20.2. The fourth-order valence-electron chi connectivity index (χ4n) is 4.79. The van der Waals surface area contributed by atoms with Crippen molar-refractivity contribution in [2.24, 2.45) is 11.8 Å². The van der Waals surface area contributed by atoms with E-state index in [-0.39, 0.29) is 17.9 Å². The number of ether oxygens (including phenoxy) is 2. The maximum Gasteiger partial charge on any atom is 0.416 e. The molecule has 0 unspecified atom stereocenters. The van der Waals surface area contributed by atoms with E-state index in [9.17, 15) is 22.8 Å². The lowest BCUT2D eigenvalue weighted by Gasteiger charge is -2.27. The zero-order chi connectivity index (χ0) is 25.5. The number of methoxy groups -OCH3 is 1. The van der Waals surface area contributed by atoms with Crippen LogP contribution in [-0.4, -0.2) is 55.9 Å². The first-order chi connectivity index (χ1) is 16.4. The Morgan fingerprint density at radius 1 is 0.914 bits per heavy atom. The van der Waals surface area contributed by atoms with Crippen LogP contribution in [0.25, 0.3) is 11.1 Å². The molecule has 2 aliphatic rings. The summed E-state index contributed by atoms with van der Waals surface area (Å²) in [6.45, 7) is 7.85. The van der Waals surface area contributed by atoms with Crippen LogP contribution >= 0.6 is 0 Å². The van der Waals surface area contributed by atoms with Gasteiger partial charge in [-0.1, -0.05) is 12.1 Å². The number of hydrogen-bond acceptors (Lipinski definition) is 5. The normalized spacial score (nSPS) is 20.1. The summed E-state index contributed by atoms with van der Waals surface area (Å²) < 4.78 is 50.7. The van der Waals surface area contributed by atoms with Gasteiger partial charge in [0.25, 0.3) is 0 Å². The third kappa shape index (κ3) is 5.39. The van der Waals surface area contributed by atoms with Crippen molar-refractivity contribution in [3.05, 3.63) is 53.6 Å². The van der Waals surface area contributed by atoms with Gasteiger partial charge in [-0.15, -0.1) is 0 Å². The van der Waals surface area contributed by atoms with E-state index < -0.39 is 23.3 Å². The van der Waals surface area contributed by atoms with Gasteiger partial charge in [0, 0.05) is 49.3 Å². The van der Waals surface area contributed by atoms with Gasteiger partial charge in [-0.25, -0.2) is 9.59 Å². The Kier molecular flexibility index (Phi) is 6.46. The van der Waals surface area contributed by atoms with Gasteiger partial charge >= 0.3 is 18.2 Å². The Labute approximate surface area is 202 Å². The smallest absolute Gasteiger partial charge is 0.416 e. The molecular formula is C26H29F3N2O4. The Balaban J connectivity index is 1.58. The van der Waals surface area contributed by atoms with Crippen molar-refractivity contribution in [3.63, 3.8) is 0 Å². The minimum absolute atomic E-state index is 0.208. The van der Waals surface area contributed by atoms with Crippen LogP contribution in [0.1, 0.15) is 36.7 Å². The number of amides is 1. The maximum absolute atomic E-state index is 13.5. The Morgan fingerprint density at radius 2 is 1.51 bits per heavy atom. The molecule has 6 nitrogen and oxygen atoms in total. The molecule has 0 aliphatic carbocycles. The summed E-state index contributed by atoms with van der Waals surface area (Å²) in [4.78, 5) is 28.0. The van der Waals surface area contributed by atoms with E-state index in [0.29, 0.717) is 48.6 Å². The van der Waals surface area contributed by atoms with E-state index in [2.05, 4.69) is 4.90 Å². The van der Waals surface area contributed by atoms with Gasteiger partial charge in [0.15, 0.2) is 0 Å². The number of nitrogens with zero attached hydrogens (tertiary/aromatic N) is 2. The topological polar surface area (TPSA) is 59.1 Å².